The lowest BCUT2D eigenvalue weighted by Crippen LogP contribution is -2.39. The minimum Gasteiger partial charge on any atom is -0.463 e. The van der Waals surface area contributed by atoms with Crippen LogP contribution >= 0.6 is 11.3 Å². The van der Waals surface area contributed by atoms with Gasteiger partial charge in [0.1, 0.15) is 11.5 Å². The third-order valence-electron chi connectivity index (χ3n) is 5.26. The lowest BCUT2D eigenvalue weighted by atomic mass is 9.95. The molecule has 1 atom stereocenters. The Balaban J connectivity index is 1.73. The number of hydrogen-bond acceptors (Lipinski definition) is 8. The van der Waals surface area contributed by atoms with E-state index in [4.69, 9.17) is 18.6 Å². The molecule has 0 aliphatic carbocycles. The molecule has 2 aliphatic heterocycles. The summed E-state index contributed by atoms with van der Waals surface area (Å²) in [6.45, 7) is 5.67. The second-order valence-electron chi connectivity index (χ2n) is 7.36. The quantitative estimate of drug-likeness (QED) is 0.565. The van der Waals surface area contributed by atoms with E-state index in [2.05, 4.69) is 4.99 Å². The second-order valence-corrected chi connectivity index (χ2v) is 8.37. The van der Waals surface area contributed by atoms with Crippen LogP contribution in [0.15, 0.2) is 55.8 Å². The van der Waals surface area contributed by atoms with Gasteiger partial charge >= 0.3 is 5.97 Å². The highest BCUT2D eigenvalue weighted by Gasteiger charge is 2.34. The van der Waals surface area contributed by atoms with E-state index in [1.54, 1.807) is 38.1 Å². The summed E-state index contributed by atoms with van der Waals surface area (Å²) in [5.41, 5.74) is 1.26. The van der Waals surface area contributed by atoms with Crippen LogP contribution in [0.4, 0.5) is 0 Å². The molecule has 0 bridgehead atoms. The maximum atomic E-state index is 13.5. The van der Waals surface area contributed by atoms with E-state index in [9.17, 15) is 9.59 Å². The van der Waals surface area contributed by atoms with Crippen LogP contribution in [-0.2, 0) is 9.53 Å². The number of benzene rings is 1. The Hall–Kier alpha value is -3.59. The Morgan fingerprint density at radius 3 is 2.81 bits per heavy atom. The predicted octanol–water partition coefficient (Wildman–Crippen LogP) is 2.43. The monoisotopic (exact) mass is 452 g/mol. The summed E-state index contributed by atoms with van der Waals surface area (Å²) in [6.07, 6.45) is 1.69. The van der Waals surface area contributed by atoms with Gasteiger partial charge in [-0.3, -0.25) is 9.36 Å². The van der Waals surface area contributed by atoms with E-state index < -0.39 is 12.0 Å². The molecule has 32 heavy (non-hydrogen) atoms. The van der Waals surface area contributed by atoms with Crippen molar-refractivity contribution >= 4 is 23.4 Å². The largest absolute Gasteiger partial charge is 0.463 e. The summed E-state index contributed by atoms with van der Waals surface area (Å²) in [5.74, 6) is 2.00. The minimum atomic E-state index is -0.708. The fourth-order valence-electron chi connectivity index (χ4n) is 3.85. The van der Waals surface area contributed by atoms with Gasteiger partial charge in [0, 0.05) is 6.08 Å². The molecule has 0 radical (unpaired) electrons. The van der Waals surface area contributed by atoms with Gasteiger partial charge in [0.25, 0.3) is 5.56 Å². The number of furan rings is 1. The second kappa shape index (κ2) is 7.83. The highest BCUT2D eigenvalue weighted by Crippen LogP contribution is 2.38. The van der Waals surface area contributed by atoms with Gasteiger partial charge in [-0.25, -0.2) is 9.79 Å². The first-order chi connectivity index (χ1) is 15.5. The van der Waals surface area contributed by atoms with E-state index >= 15 is 0 Å². The number of aromatic nitrogens is 1. The van der Waals surface area contributed by atoms with Crippen molar-refractivity contribution in [2.45, 2.75) is 26.8 Å². The van der Waals surface area contributed by atoms with Crippen molar-refractivity contribution in [1.29, 1.82) is 0 Å². The highest BCUT2D eigenvalue weighted by molar-refractivity contribution is 7.07. The van der Waals surface area contributed by atoms with Gasteiger partial charge in [-0.05, 0) is 50.6 Å². The molecule has 8 nitrogen and oxygen atoms in total. The van der Waals surface area contributed by atoms with Gasteiger partial charge in [0.15, 0.2) is 16.3 Å². The predicted molar refractivity (Wildman–Crippen MR) is 116 cm³/mol. The molecule has 0 saturated heterocycles. The number of fused-ring (bicyclic) bond motifs is 2. The molecule has 5 rings (SSSR count). The highest BCUT2D eigenvalue weighted by atomic mass is 32.1. The van der Waals surface area contributed by atoms with E-state index in [1.807, 2.05) is 19.1 Å². The number of hydrogen-bond donors (Lipinski definition) is 0. The molecule has 9 heteroatoms. The molecule has 2 aliphatic rings. The summed E-state index contributed by atoms with van der Waals surface area (Å²) in [4.78, 5) is 31.5. The van der Waals surface area contributed by atoms with Gasteiger partial charge in [-0.15, -0.1) is 0 Å². The first kappa shape index (κ1) is 20.3. The van der Waals surface area contributed by atoms with Crippen molar-refractivity contribution in [1.82, 2.24) is 4.57 Å². The van der Waals surface area contributed by atoms with Gasteiger partial charge in [0.2, 0.25) is 6.79 Å². The van der Waals surface area contributed by atoms with Crippen LogP contribution in [0.2, 0.25) is 0 Å². The molecular weight excluding hydrogens is 432 g/mol. The normalized spacial score (nSPS) is 17.3. The van der Waals surface area contributed by atoms with Crippen molar-refractivity contribution < 1.29 is 23.4 Å². The van der Waals surface area contributed by atoms with Crippen LogP contribution in [-0.4, -0.2) is 23.9 Å². The number of carbonyl (C=O) groups is 1. The first-order valence-corrected chi connectivity index (χ1v) is 10.9. The van der Waals surface area contributed by atoms with Gasteiger partial charge < -0.3 is 18.6 Å². The van der Waals surface area contributed by atoms with Crippen molar-refractivity contribution in [2.75, 3.05) is 13.4 Å². The zero-order valence-corrected chi connectivity index (χ0v) is 18.5. The molecule has 0 spiro atoms. The van der Waals surface area contributed by atoms with Crippen LogP contribution in [0.1, 0.15) is 37.0 Å². The summed E-state index contributed by atoms with van der Waals surface area (Å²) >= 11 is 1.25. The van der Waals surface area contributed by atoms with Gasteiger partial charge in [-0.2, -0.15) is 0 Å². The molecule has 0 amide bonds. The molecular formula is C23H20N2O6S. The van der Waals surface area contributed by atoms with Crippen molar-refractivity contribution in [3.05, 3.63) is 78.4 Å². The summed E-state index contributed by atoms with van der Waals surface area (Å²) in [7, 11) is 0. The maximum Gasteiger partial charge on any atom is 0.338 e. The Morgan fingerprint density at radius 2 is 2.06 bits per heavy atom. The van der Waals surface area contributed by atoms with Gasteiger partial charge in [0.05, 0.1) is 28.5 Å². The first-order valence-electron chi connectivity index (χ1n) is 10.1. The maximum absolute atomic E-state index is 13.5. The number of carbonyl (C=O) groups excluding carboxylic acids is 1. The van der Waals surface area contributed by atoms with E-state index in [1.165, 1.54) is 15.9 Å². The number of rotatable bonds is 4. The number of allylic oxidation sites excluding steroid dienone is 1. The summed E-state index contributed by atoms with van der Waals surface area (Å²) in [6, 6.07) is 8.32. The molecule has 1 unspecified atom stereocenters. The Labute approximate surface area is 186 Å². The lowest BCUT2D eigenvalue weighted by Gasteiger charge is -2.24. The zero-order chi connectivity index (χ0) is 22.4. The smallest absolute Gasteiger partial charge is 0.338 e. The molecule has 0 fully saturated rings. The van der Waals surface area contributed by atoms with Crippen molar-refractivity contribution in [2.24, 2.45) is 4.99 Å². The van der Waals surface area contributed by atoms with E-state index in [-0.39, 0.29) is 19.0 Å². The third-order valence-corrected chi connectivity index (χ3v) is 6.25. The Morgan fingerprint density at radius 1 is 1.25 bits per heavy atom. The van der Waals surface area contributed by atoms with Crippen molar-refractivity contribution in [3.8, 4) is 11.5 Å². The molecule has 3 aromatic rings. The number of thiazole rings is 1. The SMILES string of the molecule is CCOC(=O)C1=C(C)N=c2sc(=Cc3ccc(C)o3)c(=O)n2C1c1ccc2c(c1)OCO2. The molecule has 2 aromatic heterocycles. The average molecular weight is 452 g/mol. The standard InChI is InChI=1S/C23H20N2O6S/c1-4-28-22(27)19-13(3)24-23-25(20(19)14-6-8-16-17(9-14)30-11-29-16)21(26)18(32-23)10-15-7-5-12(2)31-15/h5-10,20H,4,11H2,1-3H3. The molecule has 164 valence electrons. The Bertz CT molecular complexity index is 1440. The molecule has 4 heterocycles. The van der Waals surface area contributed by atoms with Gasteiger partial charge in [-0.1, -0.05) is 17.4 Å². The van der Waals surface area contributed by atoms with E-state index in [0.29, 0.717) is 43.4 Å². The topological polar surface area (TPSA) is 92.3 Å². The fraction of sp³-hybridized carbons (Fsp3) is 0.261. The third kappa shape index (κ3) is 3.34. The van der Waals surface area contributed by atoms with Crippen LogP contribution < -0.4 is 24.4 Å². The Kier molecular flexibility index (Phi) is 4.97. The lowest BCUT2D eigenvalue weighted by molar-refractivity contribution is -0.139. The number of ether oxygens (including phenoxy) is 3. The van der Waals surface area contributed by atoms with Crippen LogP contribution in [0.5, 0.6) is 11.5 Å². The fourth-order valence-corrected chi connectivity index (χ4v) is 4.88. The zero-order valence-electron chi connectivity index (χ0n) is 17.7. The van der Waals surface area contributed by atoms with Crippen LogP contribution in [0.25, 0.3) is 6.08 Å². The number of aryl methyl sites for hydroxylation is 1. The summed E-state index contributed by atoms with van der Waals surface area (Å²) in [5, 5.41) is 0. The molecule has 0 saturated carbocycles. The minimum absolute atomic E-state index is 0.129. The van der Waals surface area contributed by atoms with Crippen LogP contribution in [0, 0.1) is 6.92 Å². The van der Waals surface area contributed by atoms with E-state index in [0.717, 1.165) is 5.76 Å². The molecule has 1 aromatic carbocycles. The molecule has 0 N–H and O–H groups in total. The van der Waals surface area contributed by atoms with Crippen molar-refractivity contribution in [3.63, 3.8) is 0 Å². The number of nitrogens with zero attached hydrogens (tertiary/aromatic N) is 2. The number of esters is 1. The average Bonchev–Trinajstić information content (AvgIpc) is 3.46. The van der Waals surface area contributed by atoms with Crippen LogP contribution in [0.3, 0.4) is 0 Å². The summed E-state index contributed by atoms with van der Waals surface area (Å²) < 4.78 is 23.8.